The normalized spacial score (nSPS) is 16.7. The molecule has 9 nitrogen and oxygen atoms in total. The Bertz CT molecular complexity index is 1050. The van der Waals surface area contributed by atoms with Gasteiger partial charge in [-0.25, -0.2) is 9.37 Å². The van der Waals surface area contributed by atoms with Crippen LogP contribution < -0.4 is 10.2 Å². The molecule has 2 aromatic heterocycles. The Labute approximate surface area is 169 Å². The first-order chi connectivity index (χ1) is 14.0. The summed E-state index contributed by atoms with van der Waals surface area (Å²) >= 11 is 1.28. The molecule has 0 saturated carbocycles. The van der Waals surface area contributed by atoms with Crippen LogP contribution in [0.4, 0.5) is 9.52 Å². The second-order valence-electron chi connectivity index (χ2n) is 6.58. The number of H-pyrrole nitrogens is 1. The SMILES string of the molecule is CCOCc1nnc(N2CC(C(=O)NCc3nc4ccc(F)cc4[nH]3)CC2=O)s1. The van der Waals surface area contributed by atoms with Gasteiger partial charge in [0.2, 0.25) is 16.9 Å². The second kappa shape index (κ2) is 8.21. The van der Waals surface area contributed by atoms with Crippen LogP contribution in [-0.2, 0) is 27.5 Å². The van der Waals surface area contributed by atoms with Crippen LogP contribution in [0.3, 0.4) is 0 Å². The van der Waals surface area contributed by atoms with E-state index in [9.17, 15) is 14.0 Å². The maximum absolute atomic E-state index is 13.3. The quantitative estimate of drug-likeness (QED) is 0.605. The molecule has 152 valence electrons. The molecule has 0 spiro atoms. The van der Waals surface area contributed by atoms with Crippen molar-refractivity contribution in [3.05, 3.63) is 34.8 Å². The molecule has 0 radical (unpaired) electrons. The molecule has 2 amide bonds. The van der Waals surface area contributed by atoms with Crippen molar-refractivity contribution in [2.24, 2.45) is 5.92 Å². The summed E-state index contributed by atoms with van der Waals surface area (Å²) in [6.07, 6.45) is 0.109. The number of hydrogen-bond acceptors (Lipinski definition) is 7. The van der Waals surface area contributed by atoms with Gasteiger partial charge in [0.05, 0.1) is 23.5 Å². The second-order valence-corrected chi connectivity index (χ2v) is 7.62. The highest BCUT2D eigenvalue weighted by Crippen LogP contribution is 2.28. The molecule has 3 aromatic rings. The number of fused-ring (bicyclic) bond motifs is 1. The first-order valence-electron chi connectivity index (χ1n) is 9.16. The largest absolute Gasteiger partial charge is 0.374 e. The third-order valence-electron chi connectivity index (χ3n) is 4.54. The van der Waals surface area contributed by atoms with Crippen molar-refractivity contribution in [1.82, 2.24) is 25.5 Å². The van der Waals surface area contributed by atoms with Gasteiger partial charge >= 0.3 is 0 Å². The van der Waals surface area contributed by atoms with E-state index >= 15 is 0 Å². The number of amides is 2. The molecule has 1 aromatic carbocycles. The Hall–Kier alpha value is -2.92. The van der Waals surface area contributed by atoms with Crippen molar-refractivity contribution < 1.29 is 18.7 Å². The first kappa shape index (κ1) is 19.4. The lowest BCUT2D eigenvalue weighted by molar-refractivity contribution is -0.126. The molecule has 3 heterocycles. The highest BCUT2D eigenvalue weighted by molar-refractivity contribution is 7.15. The number of imidazole rings is 1. The Balaban J connectivity index is 1.35. The molecule has 1 fully saturated rings. The average Bonchev–Trinajstić information content (AvgIpc) is 3.41. The molecule has 11 heteroatoms. The number of rotatable bonds is 7. The number of carbonyl (C=O) groups is 2. The maximum Gasteiger partial charge on any atom is 0.229 e. The van der Waals surface area contributed by atoms with Crippen LogP contribution in [0, 0.1) is 11.7 Å². The molecule has 1 aliphatic rings. The van der Waals surface area contributed by atoms with E-state index in [0.29, 0.717) is 40.2 Å². The summed E-state index contributed by atoms with van der Waals surface area (Å²) in [5.74, 6) is -0.731. The molecule has 29 heavy (non-hydrogen) atoms. The summed E-state index contributed by atoms with van der Waals surface area (Å²) in [6, 6.07) is 4.25. The number of hydrogen-bond donors (Lipinski definition) is 2. The Morgan fingerprint density at radius 1 is 1.45 bits per heavy atom. The van der Waals surface area contributed by atoms with E-state index in [1.807, 2.05) is 6.92 Å². The number of aromatic amines is 1. The lowest BCUT2D eigenvalue weighted by Gasteiger charge is -2.12. The van der Waals surface area contributed by atoms with Gasteiger partial charge < -0.3 is 15.0 Å². The van der Waals surface area contributed by atoms with E-state index in [1.54, 1.807) is 6.07 Å². The molecule has 4 rings (SSSR count). The third-order valence-corrected chi connectivity index (χ3v) is 5.46. The van der Waals surface area contributed by atoms with Crippen LogP contribution >= 0.6 is 11.3 Å². The zero-order valence-electron chi connectivity index (χ0n) is 15.6. The van der Waals surface area contributed by atoms with E-state index in [0.717, 1.165) is 0 Å². The number of nitrogens with one attached hydrogen (secondary N) is 2. The van der Waals surface area contributed by atoms with Crippen molar-refractivity contribution in [2.75, 3.05) is 18.1 Å². The summed E-state index contributed by atoms with van der Waals surface area (Å²) in [5, 5.41) is 12.0. The molecule has 1 unspecified atom stereocenters. The maximum atomic E-state index is 13.3. The molecule has 2 N–H and O–H groups in total. The van der Waals surface area contributed by atoms with Crippen molar-refractivity contribution in [2.45, 2.75) is 26.5 Å². The number of nitrogens with zero attached hydrogens (tertiary/aromatic N) is 4. The number of anilines is 1. The molecule has 0 aliphatic carbocycles. The summed E-state index contributed by atoms with van der Waals surface area (Å²) in [6.45, 7) is 3.22. The lowest BCUT2D eigenvalue weighted by Crippen LogP contribution is -2.32. The minimum atomic E-state index is -0.483. The lowest BCUT2D eigenvalue weighted by atomic mass is 10.1. The third kappa shape index (κ3) is 4.25. The number of carbonyl (C=O) groups excluding carboxylic acids is 2. The van der Waals surface area contributed by atoms with Gasteiger partial charge in [-0.15, -0.1) is 10.2 Å². The van der Waals surface area contributed by atoms with Crippen LogP contribution in [0.5, 0.6) is 0 Å². The highest BCUT2D eigenvalue weighted by atomic mass is 32.1. The summed E-state index contributed by atoms with van der Waals surface area (Å²) in [7, 11) is 0. The molecule has 1 saturated heterocycles. The van der Waals surface area contributed by atoms with Gasteiger partial charge in [-0.05, 0) is 25.1 Å². The number of halogens is 1. The summed E-state index contributed by atoms with van der Waals surface area (Å²) in [4.78, 5) is 33.6. The number of benzene rings is 1. The average molecular weight is 418 g/mol. The van der Waals surface area contributed by atoms with Crippen molar-refractivity contribution in [1.29, 1.82) is 0 Å². The van der Waals surface area contributed by atoms with Gasteiger partial charge in [0.15, 0.2) is 0 Å². The van der Waals surface area contributed by atoms with Crippen molar-refractivity contribution >= 4 is 39.3 Å². The summed E-state index contributed by atoms with van der Waals surface area (Å²) < 4.78 is 18.6. The van der Waals surface area contributed by atoms with Crippen LogP contribution in [0.15, 0.2) is 18.2 Å². The molecule has 1 atom stereocenters. The van der Waals surface area contributed by atoms with Gasteiger partial charge in [-0.1, -0.05) is 11.3 Å². The van der Waals surface area contributed by atoms with Crippen LogP contribution in [0.2, 0.25) is 0 Å². The zero-order valence-corrected chi connectivity index (χ0v) is 16.5. The number of aromatic nitrogens is 4. The Morgan fingerprint density at radius 2 is 2.31 bits per heavy atom. The molecule has 0 bridgehead atoms. The Morgan fingerprint density at radius 3 is 3.14 bits per heavy atom. The fourth-order valence-electron chi connectivity index (χ4n) is 3.10. The van der Waals surface area contributed by atoms with E-state index in [2.05, 4.69) is 25.5 Å². The molecular formula is C18H19FN6O3S. The Kier molecular flexibility index (Phi) is 5.49. The minimum Gasteiger partial charge on any atom is -0.374 e. The highest BCUT2D eigenvalue weighted by Gasteiger charge is 2.36. The first-order valence-corrected chi connectivity index (χ1v) is 9.97. The predicted octanol–water partition coefficient (Wildman–Crippen LogP) is 1.76. The minimum absolute atomic E-state index is 0.109. The van der Waals surface area contributed by atoms with Gasteiger partial charge in [-0.3, -0.25) is 14.5 Å². The monoisotopic (exact) mass is 418 g/mol. The zero-order chi connectivity index (χ0) is 20.4. The van der Waals surface area contributed by atoms with Gasteiger partial charge in [0.25, 0.3) is 0 Å². The van der Waals surface area contributed by atoms with Crippen molar-refractivity contribution in [3.63, 3.8) is 0 Å². The fraction of sp³-hybridized carbons (Fsp3) is 0.389. The van der Waals surface area contributed by atoms with Gasteiger partial charge in [0.1, 0.15) is 23.3 Å². The van der Waals surface area contributed by atoms with Gasteiger partial charge in [-0.2, -0.15) is 0 Å². The number of ether oxygens (including phenoxy) is 1. The smallest absolute Gasteiger partial charge is 0.229 e. The molecular weight excluding hydrogens is 399 g/mol. The van der Waals surface area contributed by atoms with Crippen LogP contribution in [0.25, 0.3) is 11.0 Å². The van der Waals surface area contributed by atoms with Crippen LogP contribution in [-0.4, -0.2) is 45.1 Å². The van der Waals surface area contributed by atoms with E-state index in [4.69, 9.17) is 4.74 Å². The summed E-state index contributed by atoms with van der Waals surface area (Å²) in [5.41, 5.74) is 1.19. The predicted molar refractivity (Wildman–Crippen MR) is 104 cm³/mol. The fourth-order valence-corrected chi connectivity index (χ4v) is 3.91. The van der Waals surface area contributed by atoms with E-state index < -0.39 is 5.92 Å². The molecule has 1 aliphatic heterocycles. The van der Waals surface area contributed by atoms with E-state index in [1.165, 1.54) is 28.4 Å². The van der Waals surface area contributed by atoms with Crippen molar-refractivity contribution in [3.8, 4) is 0 Å². The van der Waals surface area contributed by atoms with E-state index in [-0.39, 0.29) is 37.1 Å². The topological polar surface area (TPSA) is 113 Å². The van der Waals surface area contributed by atoms with Gasteiger partial charge in [0, 0.05) is 19.6 Å². The van der Waals surface area contributed by atoms with Crippen LogP contribution in [0.1, 0.15) is 24.2 Å². The standard InChI is InChI=1S/C18H19FN6O3S/c1-2-28-9-15-23-24-18(29-15)25-8-10(5-16(25)26)17(27)20-7-14-21-12-4-3-11(19)6-13(12)22-14/h3-4,6,10H,2,5,7-9H2,1H3,(H,20,27)(H,21,22).